The number of H-pyrrole nitrogens is 1. The second kappa shape index (κ2) is 6.00. The van der Waals surface area contributed by atoms with Gasteiger partial charge in [-0.1, -0.05) is 12.1 Å². The summed E-state index contributed by atoms with van der Waals surface area (Å²) >= 11 is 0. The van der Waals surface area contributed by atoms with E-state index in [4.69, 9.17) is 0 Å². The molecule has 18 heavy (non-hydrogen) atoms. The van der Waals surface area contributed by atoms with Crippen LogP contribution in [0.2, 0.25) is 0 Å². The summed E-state index contributed by atoms with van der Waals surface area (Å²) in [5.41, 5.74) is 1.98. The molecule has 94 valence electrons. The molecule has 2 rings (SSSR count). The van der Waals surface area contributed by atoms with Crippen LogP contribution in [-0.2, 0) is 17.6 Å². The van der Waals surface area contributed by atoms with Gasteiger partial charge < -0.3 is 10.3 Å². The SMILES string of the molecule is O=C(Cc1ccc(F)cc1)NCCc1cc[nH]c1. The minimum Gasteiger partial charge on any atom is -0.367 e. The van der Waals surface area contributed by atoms with Gasteiger partial charge in [0.25, 0.3) is 0 Å². The summed E-state index contributed by atoms with van der Waals surface area (Å²) in [6, 6.07) is 7.96. The van der Waals surface area contributed by atoms with Crippen LogP contribution in [0.5, 0.6) is 0 Å². The van der Waals surface area contributed by atoms with Crippen molar-refractivity contribution < 1.29 is 9.18 Å². The number of hydrogen-bond donors (Lipinski definition) is 2. The Bertz CT molecular complexity index is 491. The van der Waals surface area contributed by atoms with Crippen LogP contribution in [0.1, 0.15) is 11.1 Å². The Morgan fingerprint density at radius 2 is 1.94 bits per heavy atom. The summed E-state index contributed by atoms with van der Waals surface area (Å²) < 4.78 is 12.7. The third kappa shape index (κ3) is 3.73. The van der Waals surface area contributed by atoms with Gasteiger partial charge in [0.15, 0.2) is 0 Å². The van der Waals surface area contributed by atoms with Gasteiger partial charge in [0, 0.05) is 18.9 Å². The summed E-state index contributed by atoms with van der Waals surface area (Å²) in [5, 5.41) is 2.84. The third-order valence-corrected chi connectivity index (χ3v) is 2.68. The molecule has 1 heterocycles. The number of amides is 1. The summed E-state index contributed by atoms with van der Waals surface area (Å²) in [5.74, 6) is -0.330. The second-order valence-corrected chi connectivity index (χ2v) is 4.12. The fourth-order valence-electron chi connectivity index (χ4n) is 1.71. The number of halogens is 1. The molecule has 0 spiro atoms. The van der Waals surface area contributed by atoms with Gasteiger partial charge in [-0.3, -0.25) is 4.79 Å². The lowest BCUT2D eigenvalue weighted by molar-refractivity contribution is -0.120. The summed E-state index contributed by atoms with van der Waals surface area (Å²) in [6.45, 7) is 0.609. The van der Waals surface area contributed by atoms with Crippen LogP contribution in [0.25, 0.3) is 0 Å². The molecule has 0 fully saturated rings. The van der Waals surface area contributed by atoms with Crippen molar-refractivity contribution in [2.45, 2.75) is 12.8 Å². The monoisotopic (exact) mass is 246 g/mol. The van der Waals surface area contributed by atoms with Crippen molar-refractivity contribution in [3.63, 3.8) is 0 Å². The molecule has 0 atom stereocenters. The van der Waals surface area contributed by atoms with Crippen LogP contribution in [0, 0.1) is 5.82 Å². The van der Waals surface area contributed by atoms with E-state index < -0.39 is 0 Å². The first-order chi connectivity index (χ1) is 8.74. The van der Waals surface area contributed by atoms with E-state index in [1.807, 2.05) is 18.5 Å². The Kier molecular flexibility index (Phi) is 4.12. The van der Waals surface area contributed by atoms with Crippen molar-refractivity contribution in [2.75, 3.05) is 6.54 Å². The molecule has 0 bridgehead atoms. The maximum atomic E-state index is 12.7. The lowest BCUT2D eigenvalue weighted by Gasteiger charge is -2.04. The highest BCUT2D eigenvalue weighted by Gasteiger charge is 2.03. The zero-order valence-electron chi connectivity index (χ0n) is 9.95. The molecule has 0 saturated carbocycles. The first-order valence-corrected chi connectivity index (χ1v) is 5.87. The highest BCUT2D eigenvalue weighted by Crippen LogP contribution is 2.03. The zero-order chi connectivity index (χ0) is 12.8. The van der Waals surface area contributed by atoms with E-state index in [0.29, 0.717) is 6.54 Å². The predicted molar refractivity (Wildman–Crippen MR) is 67.6 cm³/mol. The molecule has 0 aliphatic rings. The maximum absolute atomic E-state index is 12.7. The fourth-order valence-corrected chi connectivity index (χ4v) is 1.71. The van der Waals surface area contributed by atoms with Crippen molar-refractivity contribution in [3.05, 3.63) is 59.7 Å². The van der Waals surface area contributed by atoms with E-state index in [9.17, 15) is 9.18 Å². The number of benzene rings is 1. The van der Waals surface area contributed by atoms with E-state index >= 15 is 0 Å². The van der Waals surface area contributed by atoms with Crippen LogP contribution in [0.15, 0.2) is 42.7 Å². The molecule has 2 N–H and O–H groups in total. The lowest BCUT2D eigenvalue weighted by atomic mass is 10.1. The minimum atomic E-state index is -0.286. The van der Waals surface area contributed by atoms with Crippen molar-refractivity contribution >= 4 is 5.91 Å². The molecular formula is C14H15FN2O. The fraction of sp³-hybridized carbons (Fsp3) is 0.214. The van der Waals surface area contributed by atoms with Crippen LogP contribution >= 0.6 is 0 Å². The van der Waals surface area contributed by atoms with Gasteiger partial charge in [0.1, 0.15) is 5.82 Å². The van der Waals surface area contributed by atoms with Gasteiger partial charge in [-0.05, 0) is 35.7 Å². The van der Waals surface area contributed by atoms with Crippen LogP contribution < -0.4 is 5.32 Å². The molecule has 0 aliphatic carbocycles. The number of rotatable bonds is 5. The van der Waals surface area contributed by atoms with E-state index in [2.05, 4.69) is 10.3 Å². The number of aromatic nitrogens is 1. The largest absolute Gasteiger partial charge is 0.367 e. The van der Waals surface area contributed by atoms with E-state index in [0.717, 1.165) is 17.5 Å². The molecule has 4 heteroatoms. The van der Waals surface area contributed by atoms with Crippen molar-refractivity contribution in [3.8, 4) is 0 Å². The Balaban J connectivity index is 1.73. The number of carbonyl (C=O) groups excluding carboxylic acids is 1. The van der Waals surface area contributed by atoms with Gasteiger partial charge in [0.2, 0.25) is 5.91 Å². The molecule has 0 radical (unpaired) electrons. The Morgan fingerprint density at radius 3 is 2.61 bits per heavy atom. The summed E-state index contributed by atoms with van der Waals surface area (Å²) in [6.07, 6.45) is 4.86. The van der Waals surface area contributed by atoms with Crippen molar-refractivity contribution in [1.82, 2.24) is 10.3 Å². The van der Waals surface area contributed by atoms with Gasteiger partial charge in [-0.2, -0.15) is 0 Å². The van der Waals surface area contributed by atoms with Crippen molar-refractivity contribution in [1.29, 1.82) is 0 Å². The maximum Gasteiger partial charge on any atom is 0.224 e. The molecule has 2 aromatic rings. The zero-order valence-corrected chi connectivity index (χ0v) is 9.95. The molecule has 1 aromatic carbocycles. The average molecular weight is 246 g/mol. The van der Waals surface area contributed by atoms with Gasteiger partial charge in [-0.15, -0.1) is 0 Å². The molecule has 0 unspecified atom stereocenters. The number of carbonyl (C=O) groups is 1. The minimum absolute atomic E-state index is 0.0443. The average Bonchev–Trinajstić information content (AvgIpc) is 2.85. The van der Waals surface area contributed by atoms with Gasteiger partial charge in [0.05, 0.1) is 6.42 Å². The quantitative estimate of drug-likeness (QED) is 0.833. The standard InChI is InChI=1S/C14H15FN2O/c15-13-3-1-11(2-4-13)9-14(18)17-8-6-12-5-7-16-10-12/h1-5,7,10,16H,6,8-9H2,(H,17,18). The summed E-state index contributed by atoms with van der Waals surface area (Å²) in [4.78, 5) is 14.6. The molecule has 0 aliphatic heterocycles. The highest BCUT2D eigenvalue weighted by atomic mass is 19.1. The molecule has 1 amide bonds. The van der Waals surface area contributed by atoms with Gasteiger partial charge >= 0.3 is 0 Å². The van der Waals surface area contributed by atoms with Crippen LogP contribution in [0.4, 0.5) is 4.39 Å². The van der Waals surface area contributed by atoms with Crippen LogP contribution in [0.3, 0.4) is 0 Å². The number of aromatic amines is 1. The number of nitrogens with one attached hydrogen (secondary N) is 2. The van der Waals surface area contributed by atoms with Crippen molar-refractivity contribution in [2.24, 2.45) is 0 Å². The third-order valence-electron chi connectivity index (χ3n) is 2.68. The lowest BCUT2D eigenvalue weighted by Crippen LogP contribution is -2.27. The Morgan fingerprint density at radius 1 is 1.17 bits per heavy atom. The van der Waals surface area contributed by atoms with E-state index in [-0.39, 0.29) is 18.1 Å². The van der Waals surface area contributed by atoms with Crippen LogP contribution in [-0.4, -0.2) is 17.4 Å². The second-order valence-electron chi connectivity index (χ2n) is 4.12. The Labute approximate surface area is 105 Å². The van der Waals surface area contributed by atoms with E-state index in [1.165, 1.54) is 12.1 Å². The summed E-state index contributed by atoms with van der Waals surface area (Å²) in [7, 11) is 0. The normalized spacial score (nSPS) is 10.3. The molecule has 0 saturated heterocycles. The topological polar surface area (TPSA) is 44.9 Å². The molecule has 3 nitrogen and oxygen atoms in total. The molecule has 1 aromatic heterocycles. The first kappa shape index (κ1) is 12.4. The predicted octanol–water partition coefficient (Wildman–Crippen LogP) is 2.06. The smallest absolute Gasteiger partial charge is 0.224 e. The highest BCUT2D eigenvalue weighted by molar-refractivity contribution is 5.78. The first-order valence-electron chi connectivity index (χ1n) is 5.87. The van der Waals surface area contributed by atoms with Gasteiger partial charge in [-0.25, -0.2) is 4.39 Å². The van der Waals surface area contributed by atoms with E-state index in [1.54, 1.807) is 12.1 Å². The number of hydrogen-bond acceptors (Lipinski definition) is 1. The molecular weight excluding hydrogens is 231 g/mol. The Hall–Kier alpha value is -2.10.